The molecule has 0 saturated heterocycles. The minimum absolute atomic E-state index is 0.0996. The molecule has 3 aromatic carbocycles. The number of carbonyl (C=O) groups excluding carboxylic acids is 2. The van der Waals surface area contributed by atoms with E-state index in [9.17, 15) is 18.0 Å². The van der Waals surface area contributed by atoms with Crippen LogP contribution in [0.15, 0.2) is 71.6 Å². The third-order valence-corrected chi connectivity index (χ3v) is 7.62. The number of carbonyl (C=O) groups is 2. The Morgan fingerprint density at radius 3 is 2.29 bits per heavy atom. The fraction of sp³-hybridized carbons (Fsp3) is 0.280. The first-order valence-electron chi connectivity index (χ1n) is 10.9. The molecule has 0 aliphatic rings. The molecule has 0 aromatic heterocycles. The number of halogens is 1. The summed E-state index contributed by atoms with van der Waals surface area (Å²) >= 11 is 5.96. The van der Waals surface area contributed by atoms with Crippen LogP contribution in [-0.4, -0.2) is 55.6 Å². The first kappa shape index (κ1) is 25.7. The Bertz CT molecular complexity index is 1280. The van der Waals surface area contributed by atoms with E-state index in [0.29, 0.717) is 11.6 Å². The average Bonchev–Trinajstić information content (AvgIpc) is 2.82. The molecular formula is C25H28ClN3O4S. The molecule has 0 aliphatic carbocycles. The third-order valence-electron chi connectivity index (χ3n) is 5.57. The second-order valence-electron chi connectivity index (χ2n) is 7.99. The lowest BCUT2D eigenvalue weighted by molar-refractivity contribution is -0.140. The van der Waals surface area contributed by atoms with Crippen LogP contribution in [0.1, 0.15) is 19.4 Å². The van der Waals surface area contributed by atoms with Crippen molar-refractivity contribution in [2.75, 3.05) is 20.1 Å². The van der Waals surface area contributed by atoms with Crippen LogP contribution in [0.5, 0.6) is 0 Å². The molecule has 0 fully saturated rings. The highest BCUT2D eigenvalue weighted by Crippen LogP contribution is 2.22. The standard InChI is InChI=1S/C25H28ClN3O4S/c1-4-27-25(31)18(2)29(16-19-9-12-22(26)13-10-19)24(30)17-28(3)34(32,33)23-14-11-20-7-5-6-8-21(20)15-23/h5-15,18H,4,16-17H2,1-3H3,(H,27,31). The fourth-order valence-electron chi connectivity index (χ4n) is 3.57. The zero-order valence-electron chi connectivity index (χ0n) is 19.4. The van der Waals surface area contributed by atoms with Gasteiger partial charge in [0.25, 0.3) is 0 Å². The van der Waals surface area contributed by atoms with E-state index in [1.54, 1.807) is 50.2 Å². The van der Waals surface area contributed by atoms with Crippen LogP contribution in [0.25, 0.3) is 10.8 Å². The van der Waals surface area contributed by atoms with Crippen molar-refractivity contribution in [3.63, 3.8) is 0 Å². The van der Waals surface area contributed by atoms with Crippen molar-refractivity contribution in [2.45, 2.75) is 31.3 Å². The predicted octanol–water partition coefficient (Wildman–Crippen LogP) is 3.67. The van der Waals surface area contributed by atoms with Crippen LogP contribution in [0.4, 0.5) is 0 Å². The Morgan fingerprint density at radius 2 is 1.65 bits per heavy atom. The van der Waals surface area contributed by atoms with Gasteiger partial charge in [0.15, 0.2) is 0 Å². The zero-order chi connectivity index (χ0) is 24.9. The normalized spacial score (nSPS) is 12.5. The molecule has 34 heavy (non-hydrogen) atoms. The van der Waals surface area contributed by atoms with Crippen molar-refractivity contribution in [3.8, 4) is 0 Å². The molecule has 0 heterocycles. The largest absolute Gasteiger partial charge is 0.355 e. The first-order chi connectivity index (χ1) is 16.1. The van der Waals surface area contributed by atoms with Gasteiger partial charge in [-0.1, -0.05) is 54.1 Å². The van der Waals surface area contributed by atoms with Gasteiger partial charge in [0.05, 0.1) is 11.4 Å². The molecule has 0 radical (unpaired) electrons. The molecule has 3 aromatic rings. The van der Waals surface area contributed by atoms with E-state index in [0.717, 1.165) is 20.6 Å². The van der Waals surface area contributed by atoms with Gasteiger partial charge < -0.3 is 10.2 Å². The number of nitrogens with one attached hydrogen (secondary N) is 1. The summed E-state index contributed by atoms with van der Waals surface area (Å²) in [4.78, 5) is 27.3. The number of amides is 2. The molecule has 9 heteroatoms. The second kappa shape index (κ2) is 11.0. The summed E-state index contributed by atoms with van der Waals surface area (Å²) in [6.45, 7) is 3.56. The van der Waals surface area contributed by atoms with Gasteiger partial charge in [-0.3, -0.25) is 9.59 Å². The number of hydrogen-bond donors (Lipinski definition) is 1. The first-order valence-corrected chi connectivity index (χ1v) is 12.7. The summed E-state index contributed by atoms with van der Waals surface area (Å²) < 4.78 is 27.4. The molecule has 7 nitrogen and oxygen atoms in total. The topological polar surface area (TPSA) is 86.8 Å². The van der Waals surface area contributed by atoms with Crippen molar-refractivity contribution in [1.82, 2.24) is 14.5 Å². The highest BCUT2D eigenvalue weighted by atomic mass is 35.5. The van der Waals surface area contributed by atoms with Crippen molar-refractivity contribution in [1.29, 1.82) is 0 Å². The maximum absolute atomic E-state index is 13.3. The van der Waals surface area contributed by atoms with E-state index in [1.807, 2.05) is 24.3 Å². The molecule has 3 rings (SSSR count). The summed E-state index contributed by atoms with van der Waals surface area (Å²) in [5, 5.41) is 4.98. The lowest BCUT2D eigenvalue weighted by Crippen LogP contribution is -2.50. The minimum Gasteiger partial charge on any atom is -0.355 e. The zero-order valence-corrected chi connectivity index (χ0v) is 20.9. The molecule has 1 atom stereocenters. The van der Waals surface area contributed by atoms with Gasteiger partial charge in [-0.15, -0.1) is 0 Å². The maximum atomic E-state index is 13.3. The lowest BCUT2D eigenvalue weighted by atomic mass is 10.1. The van der Waals surface area contributed by atoms with Crippen molar-refractivity contribution in [3.05, 3.63) is 77.3 Å². The van der Waals surface area contributed by atoms with Gasteiger partial charge in [0.2, 0.25) is 21.8 Å². The fourth-order valence-corrected chi connectivity index (χ4v) is 4.85. The summed E-state index contributed by atoms with van der Waals surface area (Å²) in [6, 6.07) is 18.5. The molecule has 180 valence electrons. The van der Waals surface area contributed by atoms with Gasteiger partial charge in [0.1, 0.15) is 6.04 Å². The van der Waals surface area contributed by atoms with E-state index < -0.39 is 28.5 Å². The number of hydrogen-bond acceptors (Lipinski definition) is 4. The average molecular weight is 502 g/mol. The minimum atomic E-state index is -3.93. The maximum Gasteiger partial charge on any atom is 0.243 e. The Balaban J connectivity index is 1.84. The van der Waals surface area contributed by atoms with Gasteiger partial charge in [-0.05, 0) is 54.4 Å². The van der Waals surface area contributed by atoms with E-state index in [4.69, 9.17) is 11.6 Å². The molecule has 0 bridgehead atoms. The summed E-state index contributed by atoms with van der Waals surface area (Å²) in [5.74, 6) is -0.801. The van der Waals surface area contributed by atoms with E-state index in [-0.39, 0.29) is 17.3 Å². The van der Waals surface area contributed by atoms with Crippen LogP contribution in [0.2, 0.25) is 5.02 Å². The van der Waals surface area contributed by atoms with Crippen LogP contribution >= 0.6 is 11.6 Å². The molecule has 1 N–H and O–H groups in total. The Morgan fingerprint density at radius 1 is 1.00 bits per heavy atom. The van der Waals surface area contributed by atoms with Gasteiger partial charge in [-0.25, -0.2) is 8.42 Å². The van der Waals surface area contributed by atoms with E-state index in [2.05, 4.69) is 5.32 Å². The second-order valence-corrected chi connectivity index (χ2v) is 10.5. The van der Waals surface area contributed by atoms with Crippen molar-refractivity contribution < 1.29 is 18.0 Å². The summed E-state index contributed by atoms with van der Waals surface area (Å²) in [7, 11) is -2.57. The molecule has 0 saturated carbocycles. The molecule has 1 unspecified atom stereocenters. The number of likely N-dealkylation sites (N-methyl/N-ethyl adjacent to an activating group) is 2. The monoisotopic (exact) mass is 501 g/mol. The van der Waals surface area contributed by atoms with Crippen LogP contribution in [0.3, 0.4) is 0 Å². The van der Waals surface area contributed by atoms with E-state index in [1.165, 1.54) is 18.0 Å². The SMILES string of the molecule is CCNC(=O)C(C)N(Cc1ccc(Cl)cc1)C(=O)CN(C)S(=O)(=O)c1ccc2ccccc2c1. The highest BCUT2D eigenvalue weighted by molar-refractivity contribution is 7.89. The number of rotatable bonds is 9. The predicted molar refractivity (Wildman–Crippen MR) is 134 cm³/mol. The molecule has 0 spiro atoms. The Hall–Kier alpha value is -2.94. The van der Waals surface area contributed by atoms with Crippen molar-refractivity contribution in [2.24, 2.45) is 0 Å². The quantitative estimate of drug-likeness (QED) is 0.484. The lowest BCUT2D eigenvalue weighted by Gasteiger charge is -2.30. The Labute approximate surface area is 205 Å². The Kier molecular flexibility index (Phi) is 8.30. The molecular weight excluding hydrogens is 474 g/mol. The summed E-state index contributed by atoms with van der Waals surface area (Å²) in [5.41, 5.74) is 0.772. The number of nitrogens with zero attached hydrogens (tertiary/aromatic N) is 2. The summed E-state index contributed by atoms with van der Waals surface area (Å²) in [6.07, 6.45) is 0. The van der Waals surface area contributed by atoms with Gasteiger partial charge in [0, 0.05) is 25.2 Å². The van der Waals surface area contributed by atoms with E-state index >= 15 is 0 Å². The number of benzene rings is 3. The third kappa shape index (κ3) is 5.94. The van der Waals surface area contributed by atoms with Crippen LogP contribution in [-0.2, 0) is 26.2 Å². The highest BCUT2D eigenvalue weighted by Gasteiger charge is 2.30. The van der Waals surface area contributed by atoms with Crippen molar-refractivity contribution >= 4 is 44.2 Å². The smallest absolute Gasteiger partial charge is 0.243 e. The van der Waals surface area contributed by atoms with Crippen LogP contribution < -0.4 is 5.32 Å². The van der Waals surface area contributed by atoms with Crippen LogP contribution in [0, 0.1) is 0 Å². The van der Waals surface area contributed by atoms with Gasteiger partial charge >= 0.3 is 0 Å². The number of fused-ring (bicyclic) bond motifs is 1. The molecule has 0 aliphatic heterocycles. The van der Waals surface area contributed by atoms with Gasteiger partial charge in [-0.2, -0.15) is 4.31 Å². The molecule has 2 amide bonds. The number of sulfonamides is 1.